The third-order valence-electron chi connectivity index (χ3n) is 6.28. The third-order valence-corrected chi connectivity index (χ3v) is 6.28. The number of hydrogen-bond acceptors (Lipinski definition) is 1. The SMILES string of the molecule is CCCC1CCC(c2ccc(C3CCC(CC)CC3)cc2)CO1. The second kappa shape index (κ2) is 8.33. The van der Waals surface area contributed by atoms with Crippen molar-refractivity contribution in [2.24, 2.45) is 5.92 Å². The van der Waals surface area contributed by atoms with Crippen LogP contribution in [0, 0.1) is 5.92 Å². The number of rotatable bonds is 5. The maximum Gasteiger partial charge on any atom is 0.0575 e. The average Bonchev–Trinajstić information content (AvgIpc) is 2.63. The van der Waals surface area contributed by atoms with Crippen LogP contribution in [0.5, 0.6) is 0 Å². The minimum Gasteiger partial charge on any atom is -0.378 e. The Hall–Kier alpha value is -0.820. The number of hydrogen-bond donors (Lipinski definition) is 0. The molecule has 2 atom stereocenters. The maximum atomic E-state index is 6.06. The van der Waals surface area contributed by atoms with E-state index < -0.39 is 0 Å². The molecule has 1 saturated carbocycles. The summed E-state index contributed by atoms with van der Waals surface area (Å²) in [6, 6.07) is 9.58. The van der Waals surface area contributed by atoms with E-state index in [2.05, 4.69) is 38.1 Å². The lowest BCUT2D eigenvalue weighted by molar-refractivity contribution is -0.00111. The van der Waals surface area contributed by atoms with E-state index in [1.807, 2.05) is 0 Å². The van der Waals surface area contributed by atoms with Gasteiger partial charge in [0.25, 0.3) is 0 Å². The van der Waals surface area contributed by atoms with E-state index in [9.17, 15) is 0 Å². The fourth-order valence-electron chi connectivity index (χ4n) is 4.56. The molecular formula is C22H34O. The molecule has 23 heavy (non-hydrogen) atoms. The maximum absolute atomic E-state index is 6.06. The van der Waals surface area contributed by atoms with Gasteiger partial charge in [-0.2, -0.15) is 0 Å². The van der Waals surface area contributed by atoms with Crippen LogP contribution in [-0.2, 0) is 4.74 Å². The van der Waals surface area contributed by atoms with Crippen molar-refractivity contribution in [1.29, 1.82) is 0 Å². The van der Waals surface area contributed by atoms with E-state index >= 15 is 0 Å². The summed E-state index contributed by atoms with van der Waals surface area (Å²) in [5, 5.41) is 0. The molecule has 0 amide bonds. The van der Waals surface area contributed by atoms with Gasteiger partial charge in [0.15, 0.2) is 0 Å². The Morgan fingerprint density at radius 1 is 0.826 bits per heavy atom. The quantitative estimate of drug-likeness (QED) is 0.608. The Bertz CT molecular complexity index is 447. The highest BCUT2D eigenvalue weighted by atomic mass is 16.5. The van der Waals surface area contributed by atoms with E-state index in [1.165, 1.54) is 63.4 Å². The summed E-state index contributed by atoms with van der Waals surface area (Å²) in [5.41, 5.74) is 3.06. The summed E-state index contributed by atoms with van der Waals surface area (Å²) < 4.78 is 6.06. The van der Waals surface area contributed by atoms with Crippen molar-refractivity contribution in [3.63, 3.8) is 0 Å². The Morgan fingerprint density at radius 2 is 1.43 bits per heavy atom. The first kappa shape index (κ1) is 17.0. The van der Waals surface area contributed by atoms with Crippen LogP contribution in [-0.4, -0.2) is 12.7 Å². The Kier molecular flexibility index (Phi) is 6.16. The van der Waals surface area contributed by atoms with Gasteiger partial charge in [-0.25, -0.2) is 0 Å². The van der Waals surface area contributed by atoms with Gasteiger partial charge in [-0.1, -0.05) is 51.0 Å². The van der Waals surface area contributed by atoms with Gasteiger partial charge in [-0.15, -0.1) is 0 Å². The fraction of sp³-hybridized carbons (Fsp3) is 0.727. The molecule has 1 nitrogen and oxygen atoms in total. The van der Waals surface area contributed by atoms with Gasteiger partial charge in [-0.05, 0) is 67.9 Å². The second-order valence-electron chi connectivity index (χ2n) is 7.81. The molecule has 1 aromatic carbocycles. The summed E-state index contributed by atoms with van der Waals surface area (Å²) in [5.74, 6) is 2.41. The van der Waals surface area contributed by atoms with Crippen LogP contribution in [0.1, 0.15) is 94.6 Å². The van der Waals surface area contributed by atoms with Crippen LogP contribution in [0.25, 0.3) is 0 Å². The van der Waals surface area contributed by atoms with E-state index in [0.29, 0.717) is 12.0 Å². The third kappa shape index (κ3) is 4.38. The van der Waals surface area contributed by atoms with Crippen molar-refractivity contribution in [3.05, 3.63) is 35.4 Å². The zero-order valence-electron chi connectivity index (χ0n) is 15.1. The molecule has 0 aromatic heterocycles. The lowest BCUT2D eigenvalue weighted by Gasteiger charge is -2.30. The van der Waals surface area contributed by atoms with Gasteiger partial charge in [0, 0.05) is 5.92 Å². The molecule has 1 heteroatoms. The van der Waals surface area contributed by atoms with Crippen molar-refractivity contribution in [1.82, 2.24) is 0 Å². The molecule has 128 valence electrons. The molecule has 0 spiro atoms. The fourth-order valence-corrected chi connectivity index (χ4v) is 4.56. The van der Waals surface area contributed by atoms with Crippen LogP contribution in [0.15, 0.2) is 24.3 Å². The van der Waals surface area contributed by atoms with E-state index in [-0.39, 0.29) is 0 Å². The first-order valence-corrected chi connectivity index (χ1v) is 10.0. The van der Waals surface area contributed by atoms with Crippen LogP contribution in [0.4, 0.5) is 0 Å². The van der Waals surface area contributed by atoms with Crippen molar-refractivity contribution in [3.8, 4) is 0 Å². The summed E-state index contributed by atoms with van der Waals surface area (Å²) in [7, 11) is 0. The molecule has 1 aliphatic heterocycles. The minimum atomic E-state index is 0.518. The molecule has 2 fully saturated rings. The van der Waals surface area contributed by atoms with Crippen LogP contribution >= 0.6 is 0 Å². The predicted molar refractivity (Wildman–Crippen MR) is 98.1 cm³/mol. The molecule has 0 radical (unpaired) electrons. The average molecular weight is 315 g/mol. The molecule has 0 bridgehead atoms. The molecular weight excluding hydrogens is 280 g/mol. The molecule has 1 aliphatic carbocycles. The summed E-state index contributed by atoms with van der Waals surface area (Å²) in [6.07, 6.45) is 12.5. The Labute approximate surface area is 142 Å². The van der Waals surface area contributed by atoms with E-state index in [4.69, 9.17) is 4.74 Å². The first-order valence-electron chi connectivity index (χ1n) is 10.0. The first-order chi connectivity index (χ1) is 11.3. The monoisotopic (exact) mass is 314 g/mol. The molecule has 0 N–H and O–H groups in total. The Balaban J connectivity index is 1.53. The highest BCUT2D eigenvalue weighted by Gasteiger charge is 2.24. The predicted octanol–water partition coefficient (Wildman–Crippen LogP) is 6.43. The molecule has 1 heterocycles. The standard InChI is InChI=1S/C22H34O/c1-3-5-22-15-14-21(16-23-22)20-12-10-19(11-13-20)18-8-6-17(4-2)7-9-18/h10-13,17-18,21-22H,3-9,14-16H2,1-2H3. The highest BCUT2D eigenvalue weighted by molar-refractivity contribution is 5.28. The van der Waals surface area contributed by atoms with Crippen molar-refractivity contribution < 1.29 is 4.74 Å². The lowest BCUT2D eigenvalue weighted by Crippen LogP contribution is -2.24. The normalized spacial score (nSPS) is 31.9. The zero-order valence-corrected chi connectivity index (χ0v) is 15.1. The van der Waals surface area contributed by atoms with Gasteiger partial charge >= 0.3 is 0 Å². The number of ether oxygens (including phenoxy) is 1. The number of benzene rings is 1. The molecule has 2 unspecified atom stereocenters. The topological polar surface area (TPSA) is 9.23 Å². The van der Waals surface area contributed by atoms with E-state index in [1.54, 1.807) is 5.56 Å². The Morgan fingerprint density at radius 3 is 1.96 bits per heavy atom. The van der Waals surface area contributed by atoms with E-state index in [0.717, 1.165) is 18.4 Å². The summed E-state index contributed by atoms with van der Waals surface area (Å²) in [4.78, 5) is 0. The molecule has 1 saturated heterocycles. The van der Waals surface area contributed by atoms with Crippen LogP contribution in [0.3, 0.4) is 0 Å². The molecule has 3 rings (SSSR count). The van der Waals surface area contributed by atoms with Crippen LogP contribution < -0.4 is 0 Å². The van der Waals surface area contributed by atoms with Crippen molar-refractivity contribution >= 4 is 0 Å². The smallest absolute Gasteiger partial charge is 0.0575 e. The van der Waals surface area contributed by atoms with Crippen molar-refractivity contribution in [2.75, 3.05) is 6.61 Å². The van der Waals surface area contributed by atoms with Gasteiger partial charge in [-0.3, -0.25) is 0 Å². The lowest BCUT2D eigenvalue weighted by atomic mass is 9.77. The summed E-state index contributed by atoms with van der Waals surface area (Å²) >= 11 is 0. The van der Waals surface area contributed by atoms with Crippen molar-refractivity contribution in [2.45, 2.75) is 89.6 Å². The largest absolute Gasteiger partial charge is 0.378 e. The molecule has 1 aromatic rings. The van der Waals surface area contributed by atoms with Crippen LogP contribution in [0.2, 0.25) is 0 Å². The van der Waals surface area contributed by atoms with Gasteiger partial charge in [0.2, 0.25) is 0 Å². The zero-order chi connectivity index (χ0) is 16.1. The van der Waals surface area contributed by atoms with Gasteiger partial charge in [0.05, 0.1) is 12.7 Å². The minimum absolute atomic E-state index is 0.518. The van der Waals surface area contributed by atoms with Gasteiger partial charge in [0.1, 0.15) is 0 Å². The second-order valence-corrected chi connectivity index (χ2v) is 7.81. The highest BCUT2D eigenvalue weighted by Crippen LogP contribution is 2.37. The summed E-state index contributed by atoms with van der Waals surface area (Å²) in [6.45, 7) is 5.52. The molecule has 2 aliphatic rings. The van der Waals surface area contributed by atoms with Gasteiger partial charge < -0.3 is 4.74 Å².